The van der Waals surface area contributed by atoms with Gasteiger partial charge < -0.3 is 14.8 Å². The minimum atomic E-state index is 0.352. The van der Waals surface area contributed by atoms with Gasteiger partial charge in [0.2, 0.25) is 0 Å². The Bertz CT molecular complexity index is 140. The molecule has 0 radical (unpaired) electrons. The molecule has 4 heteroatoms. The first-order valence-electron chi connectivity index (χ1n) is 5.22. The number of thioether (sulfide) groups is 1. The molecule has 2 atom stereocenters. The summed E-state index contributed by atoms with van der Waals surface area (Å²) in [6.45, 7) is 5.62. The maximum atomic E-state index is 5.43. The van der Waals surface area contributed by atoms with E-state index < -0.39 is 0 Å². The molecule has 1 aliphatic heterocycles. The topological polar surface area (TPSA) is 30.5 Å². The van der Waals surface area contributed by atoms with E-state index in [1.165, 1.54) is 5.75 Å². The molecule has 3 nitrogen and oxygen atoms in total. The van der Waals surface area contributed by atoms with Crippen molar-refractivity contribution in [1.82, 2.24) is 5.32 Å². The van der Waals surface area contributed by atoms with Gasteiger partial charge in [-0.2, -0.15) is 11.8 Å². The predicted molar refractivity (Wildman–Crippen MR) is 60.7 cm³/mol. The minimum absolute atomic E-state index is 0.352. The van der Waals surface area contributed by atoms with Crippen molar-refractivity contribution in [1.29, 1.82) is 0 Å². The summed E-state index contributed by atoms with van der Waals surface area (Å²) in [6, 6.07) is 0. The third-order valence-electron chi connectivity index (χ3n) is 2.29. The predicted octanol–water partition coefficient (Wildman–Crippen LogP) is 1.34. The monoisotopic (exact) mass is 219 g/mol. The van der Waals surface area contributed by atoms with Gasteiger partial charge >= 0.3 is 0 Å². The van der Waals surface area contributed by atoms with Gasteiger partial charge in [-0.25, -0.2) is 0 Å². The van der Waals surface area contributed by atoms with E-state index in [9.17, 15) is 0 Å². The summed E-state index contributed by atoms with van der Waals surface area (Å²) in [5, 5.41) is 3.45. The van der Waals surface area contributed by atoms with Gasteiger partial charge in [-0.05, 0) is 30.9 Å². The van der Waals surface area contributed by atoms with Crippen LogP contribution in [0.25, 0.3) is 0 Å². The molecule has 0 spiro atoms. The summed E-state index contributed by atoms with van der Waals surface area (Å²) in [7, 11) is 0. The van der Waals surface area contributed by atoms with Crippen LogP contribution in [0.15, 0.2) is 0 Å². The van der Waals surface area contributed by atoms with Gasteiger partial charge in [0.25, 0.3) is 0 Å². The lowest BCUT2D eigenvalue weighted by atomic mass is 10.2. The fraction of sp³-hybridized carbons (Fsp3) is 1.00. The largest absolute Gasteiger partial charge is 0.355 e. The van der Waals surface area contributed by atoms with E-state index in [0.29, 0.717) is 12.9 Å². The highest BCUT2D eigenvalue weighted by Crippen LogP contribution is 2.06. The third kappa shape index (κ3) is 5.20. The molecule has 1 aliphatic rings. The summed E-state index contributed by atoms with van der Waals surface area (Å²) in [4.78, 5) is 0. The van der Waals surface area contributed by atoms with E-state index in [2.05, 4.69) is 18.5 Å². The van der Waals surface area contributed by atoms with E-state index in [4.69, 9.17) is 9.47 Å². The highest BCUT2D eigenvalue weighted by atomic mass is 32.2. The lowest BCUT2D eigenvalue weighted by Crippen LogP contribution is -2.36. The average molecular weight is 219 g/mol. The van der Waals surface area contributed by atoms with E-state index in [1.54, 1.807) is 0 Å². The second-order valence-corrected chi connectivity index (χ2v) is 4.73. The van der Waals surface area contributed by atoms with Crippen molar-refractivity contribution >= 4 is 11.8 Å². The molecule has 0 aromatic rings. The van der Waals surface area contributed by atoms with Crippen molar-refractivity contribution in [2.75, 3.05) is 38.5 Å². The van der Waals surface area contributed by atoms with Gasteiger partial charge in [-0.1, -0.05) is 6.92 Å². The fourth-order valence-corrected chi connectivity index (χ4v) is 2.18. The van der Waals surface area contributed by atoms with E-state index in [0.717, 1.165) is 32.0 Å². The first-order chi connectivity index (χ1) is 6.83. The summed E-state index contributed by atoms with van der Waals surface area (Å²) < 4.78 is 10.5. The molecule has 84 valence electrons. The van der Waals surface area contributed by atoms with Crippen LogP contribution in [-0.4, -0.2) is 44.6 Å². The van der Waals surface area contributed by atoms with E-state index >= 15 is 0 Å². The molecule has 1 fully saturated rings. The summed E-state index contributed by atoms with van der Waals surface area (Å²) in [5.41, 5.74) is 0. The Hall–Kier alpha value is 0.230. The van der Waals surface area contributed by atoms with Crippen LogP contribution >= 0.6 is 11.8 Å². The van der Waals surface area contributed by atoms with Gasteiger partial charge in [-0.15, -0.1) is 0 Å². The van der Waals surface area contributed by atoms with E-state index in [1.807, 2.05) is 11.8 Å². The highest BCUT2D eigenvalue weighted by Gasteiger charge is 2.13. The molecule has 0 amide bonds. The number of nitrogens with one attached hydrogen (secondary N) is 1. The van der Waals surface area contributed by atoms with Crippen molar-refractivity contribution in [3.8, 4) is 0 Å². The Balaban J connectivity index is 1.96. The Morgan fingerprint density at radius 3 is 3.07 bits per heavy atom. The van der Waals surface area contributed by atoms with Gasteiger partial charge in [0.1, 0.15) is 6.79 Å². The Morgan fingerprint density at radius 1 is 1.57 bits per heavy atom. The Morgan fingerprint density at radius 2 is 2.43 bits per heavy atom. The lowest BCUT2D eigenvalue weighted by Gasteiger charge is -2.23. The minimum Gasteiger partial charge on any atom is -0.355 e. The van der Waals surface area contributed by atoms with Crippen LogP contribution < -0.4 is 5.32 Å². The third-order valence-corrected chi connectivity index (χ3v) is 3.19. The van der Waals surface area contributed by atoms with Crippen molar-refractivity contribution in [2.45, 2.75) is 19.4 Å². The van der Waals surface area contributed by atoms with Gasteiger partial charge in [0.15, 0.2) is 0 Å². The smallest absolute Gasteiger partial charge is 0.147 e. The molecular weight excluding hydrogens is 198 g/mol. The van der Waals surface area contributed by atoms with Crippen molar-refractivity contribution in [3.63, 3.8) is 0 Å². The summed E-state index contributed by atoms with van der Waals surface area (Å²) in [5.74, 6) is 1.96. The average Bonchev–Trinajstić information content (AvgIpc) is 2.20. The molecule has 2 unspecified atom stereocenters. The number of hydrogen-bond acceptors (Lipinski definition) is 4. The maximum Gasteiger partial charge on any atom is 0.147 e. The first-order valence-corrected chi connectivity index (χ1v) is 6.61. The van der Waals surface area contributed by atoms with Gasteiger partial charge in [0.05, 0.1) is 12.7 Å². The van der Waals surface area contributed by atoms with Crippen molar-refractivity contribution < 1.29 is 9.47 Å². The van der Waals surface area contributed by atoms with Crippen LogP contribution in [0.4, 0.5) is 0 Å². The van der Waals surface area contributed by atoms with Gasteiger partial charge in [-0.3, -0.25) is 0 Å². The van der Waals surface area contributed by atoms with Gasteiger partial charge in [0, 0.05) is 6.54 Å². The SMILES string of the molecule is CSCC(C)CNCC1CCOCO1. The zero-order valence-corrected chi connectivity index (χ0v) is 9.94. The van der Waals surface area contributed by atoms with Crippen molar-refractivity contribution in [2.24, 2.45) is 5.92 Å². The Kier molecular flexibility index (Phi) is 6.60. The zero-order valence-electron chi connectivity index (χ0n) is 9.12. The number of hydrogen-bond donors (Lipinski definition) is 1. The van der Waals surface area contributed by atoms with Crippen LogP contribution in [-0.2, 0) is 9.47 Å². The Labute approximate surface area is 90.9 Å². The second-order valence-electron chi connectivity index (χ2n) is 3.82. The molecule has 0 aromatic heterocycles. The van der Waals surface area contributed by atoms with E-state index in [-0.39, 0.29) is 0 Å². The normalized spacial score (nSPS) is 24.9. The summed E-state index contributed by atoms with van der Waals surface area (Å²) in [6.07, 6.45) is 3.52. The first kappa shape index (κ1) is 12.3. The molecule has 1 saturated heterocycles. The molecule has 1 rings (SSSR count). The van der Waals surface area contributed by atoms with Crippen LogP contribution in [0.1, 0.15) is 13.3 Å². The molecule has 0 aliphatic carbocycles. The fourth-order valence-electron chi connectivity index (χ4n) is 1.50. The number of ether oxygens (including phenoxy) is 2. The second kappa shape index (κ2) is 7.51. The lowest BCUT2D eigenvalue weighted by molar-refractivity contribution is -0.137. The maximum absolute atomic E-state index is 5.43. The quantitative estimate of drug-likeness (QED) is 0.730. The molecule has 0 bridgehead atoms. The summed E-state index contributed by atoms with van der Waals surface area (Å²) >= 11 is 1.90. The standard InChI is InChI=1S/C10H21NO2S/c1-9(7-14-2)5-11-6-10-3-4-12-8-13-10/h9-11H,3-8H2,1-2H3. The van der Waals surface area contributed by atoms with Crippen LogP contribution in [0.3, 0.4) is 0 Å². The molecule has 0 saturated carbocycles. The molecule has 14 heavy (non-hydrogen) atoms. The zero-order chi connectivity index (χ0) is 10.2. The van der Waals surface area contributed by atoms with Crippen molar-refractivity contribution in [3.05, 3.63) is 0 Å². The molecule has 1 heterocycles. The molecule has 1 N–H and O–H groups in total. The highest BCUT2D eigenvalue weighted by molar-refractivity contribution is 7.98. The van der Waals surface area contributed by atoms with Crippen LogP contribution in [0.2, 0.25) is 0 Å². The van der Waals surface area contributed by atoms with Crippen LogP contribution in [0.5, 0.6) is 0 Å². The number of rotatable bonds is 6. The molecule has 0 aromatic carbocycles. The molecular formula is C10H21NO2S. The van der Waals surface area contributed by atoms with Crippen LogP contribution in [0, 0.1) is 5.92 Å².